The molecule has 9 heteroatoms. The Morgan fingerprint density at radius 1 is 0.889 bits per heavy atom. The number of para-hydroxylation sites is 1. The van der Waals surface area contributed by atoms with Crippen LogP contribution in [0.1, 0.15) is 21.5 Å². The van der Waals surface area contributed by atoms with Crippen LogP contribution < -0.4 is 18.9 Å². The molecule has 0 saturated carbocycles. The number of hydrogen-bond acceptors (Lipinski definition) is 6. The molecule has 0 heterocycles. The Bertz CT molecular complexity index is 1200. The number of halogens is 1. The Morgan fingerprint density at radius 2 is 1.61 bits per heavy atom. The summed E-state index contributed by atoms with van der Waals surface area (Å²) in [6, 6.07) is 18.3. The zero-order valence-electron chi connectivity index (χ0n) is 20.3. The van der Waals surface area contributed by atoms with Crippen molar-refractivity contribution in [3.8, 4) is 23.0 Å². The largest absolute Gasteiger partial charge is 0.493 e. The van der Waals surface area contributed by atoms with Crippen LogP contribution in [0.3, 0.4) is 0 Å². The zero-order valence-corrected chi connectivity index (χ0v) is 21.9. The molecule has 1 amide bonds. The van der Waals surface area contributed by atoms with E-state index in [-0.39, 0.29) is 36.1 Å². The van der Waals surface area contributed by atoms with Crippen LogP contribution in [-0.4, -0.2) is 56.4 Å². The predicted octanol–water partition coefficient (Wildman–Crippen LogP) is 4.82. The summed E-state index contributed by atoms with van der Waals surface area (Å²) in [6.07, 6.45) is 0.626. The summed E-state index contributed by atoms with van der Waals surface area (Å²) in [5.74, 6) is -0.215. The predicted molar refractivity (Wildman–Crippen MR) is 138 cm³/mol. The smallest absolute Gasteiger partial charge is 0.339 e. The number of aromatic carboxylic acids is 1. The second kappa shape index (κ2) is 12.8. The van der Waals surface area contributed by atoms with Crippen LogP contribution in [0.25, 0.3) is 0 Å². The van der Waals surface area contributed by atoms with E-state index in [2.05, 4.69) is 15.9 Å². The molecule has 0 saturated heterocycles. The highest BCUT2D eigenvalue weighted by Gasteiger charge is 2.22. The van der Waals surface area contributed by atoms with Gasteiger partial charge in [0.2, 0.25) is 0 Å². The number of carboxylic acids is 1. The monoisotopic (exact) mass is 557 g/mol. The SMILES string of the molecule is COc1cccc(CN(CCc2ccccc2)C(=O)COc2c(OC)cc(Br)cc2C(=O)O)c1OC. The molecule has 8 nitrogen and oxygen atoms in total. The molecule has 3 rings (SSSR count). The third-order valence-electron chi connectivity index (χ3n) is 5.52. The Kier molecular flexibility index (Phi) is 9.58. The normalized spacial score (nSPS) is 10.4. The molecule has 0 aliphatic rings. The molecule has 0 atom stereocenters. The van der Waals surface area contributed by atoms with E-state index < -0.39 is 5.97 Å². The van der Waals surface area contributed by atoms with Gasteiger partial charge in [-0.2, -0.15) is 0 Å². The van der Waals surface area contributed by atoms with Gasteiger partial charge in [-0.3, -0.25) is 4.79 Å². The van der Waals surface area contributed by atoms with Gasteiger partial charge in [0.05, 0.1) is 21.3 Å². The molecule has 190 valence electrons. The number of methoxy groups -OCH3 is 3. The number of hydrogen-bond donors (Lipinski definition) is 1. The number of ether oxygens (including phenoxy) is 4. The highest BCUT2D eigenvalue weighted by Crippen LogP contribution is 2.35. The fourth-order valence-electron chi connectivity index (χ4n) is 3.74. The number of carboxylic acid groups (broad SMARTS) is 1. The Morgan fingerprint density at radius 3 is 2.25 bits per heavy atom. The van der Waals surface area contributed by atoms with Gasteiger partial charge in [0, 0.05) is 23.1 Å². The summed E-state index contributed by atoms with van der Waals surface area (Å²) in [5, 5.41) is 9.62. The van der Waals surface area contributed by atoms with Gasteiger partial charge in [0.1, 0.15) is 5.56 Å². The molecule has 0 bridgehead atoms. The highest BCUT2D eigenvalue weighted by atomic mass is 79.9. The van der Waals surface area contributed by atoms with Gasteiger partial charge in [-0.25, -0.2) is 4.79 Å². The molecule has 3 aromatic carbocycles. The molecule has 0 aliphatic carbocycles. The van der Waals surface area contributed by atoms with E-state index in [0.29, 0.717) is 28.9 Å². The molecule has 0 aliphatic heterocycles. The van der Waals surface area contributed by atoms with Crippen molar-refractivity contribution < 1.29 is 33.6 Å². The van der Waals surface area contributed by atoms with E-state index in [1.807, 2.05) is 42.5 Å². The Hall–Kier alpha value is -3.72. The van der Waals surface area contributed by atoms with Crippen molar-refractivity contribution in [2.24, 2.45) is 0 Å². The van der Waals surface area contributed by atoms with Crippen LogP contribution in [0.2, 0.25) is 0 Å². The molecule has 36 heavy (non-hydrogen) atoms. The van der Waals surface area contributed by atoms with Crippen molar-refractivity contribution in [1.29, 1.82) is 0 Å². The highest BCUT2D eigenvalue weighted by molar-refractivity contribution is 9.10. The van der Waals surface area contributed by atoms with Gasteiger partial charge in [-0.05, 0) is 30.2 Å². The third kappa shape index (κ3) is 6.69. The van der Waals surface area contributed by atoms with Crippen LogP contribution in [0, 0.1) is 0 Å². The van der Waals surface area contributed by atoms with E-state index in [4.69, 9.17) is 18.9 Å². The quantitative estimate of drug-likeness (QED) is 0.341. The molecule has 3 aromatic rings. The summed E-state index contributed by atoms with van der Waals surface area (Å²) >= 11 is 3.27. The topological polar surface area (TPSA) is 94.5 Å². The molecule has 0 spiro atoms. The summed E-state index contributed by atoms with van der Waals surface area (Å²) in [7, 11) is 4.51. The molecular formula is C27H28BrNO7. The first-order valence-electron chi connectivity index (χ1n) is 11.1. The maximum Gasteiger partial charge on any atom is 0.339 e. The summed E-state index contributed by atoms with van der Waals surface area (Å²) in [6.45, 7) is 0.286. The van der Waals surface area contributed by atoms with Crippen LogP contribution in [0.5, 0.6) is 23.0 Å². The summed E-state index contributed by atoms with van der Waals surface area (Å²) in [5.41, 5.74) is 1.74. The molecule has 1 N–H and O–H groups in total. The van der Waals surface area contributed by atoms with E-state index in [0.717, 1.165) is 11.1 Å². The first-order chi connectivity index (χ1) is 17.4. The molecule has 0 aromatic heterocycles. The minimum Gasteiger partial charge on any atom is -0.493 e. The maximum atomic E-state index is 13.4. The first kappa shape index (κ1) is 26.9. The van der Waals surface area contributed by atoms with Crippen LogP contribution in [0.15, 0.2) is 65.1 Å². The van der Waals surface area contributed by atoms with E-state index in [1.165, 1.54) is 13.2 Å². The van der Waals surface area contributed by atoms with E-state index in [1.54, 1.807) is 31.3 Å². The van der Waals surface area contributed by atoms with Gasteiger partial charge in [0.15, 0.2) is 29.6 Å². The van der Waals surface area contributed by atoms with Crippen molar-refractivity contribution in [2.75, 3.05) is 34.5 Å². The minimum absolute atomic E-state index is 0.0106. The van der Waals surface area contributed by atoms with Crippen molar-refractivity contribution in [3.63, 3.8) is 0 Å². The fraction of sp³-hybridized carbons (Fsp3) is 0.259. The Labute approximate surface area is 218 Å². The second-order valence-corrected chi connectivity index (χ2v) is 8.70. The molecule has 0 fully saturated rings. The van der Waals surface area contributed by atoms with Crippen LogP contribution in [-0.2, 0) is 17.8 Å². The number of carbonyl (C=O) groups is 2. The van der Waals surface area contributed by atoms with Crippen LogP contribution >= 0.6 is 15.9 Å². The summed E-state index contributed by atoms with van der Waals surface area (Å²) < 4.78 is 22.5. The number of benzene rings is 3. The van der Waals surface area contributed by atoms with Gasteiger partial charge in [0.25, 0.3) is 5.91 Å². The van der Waals surface area contributed by atoms with E-state index in [9.17, 15) is 14.7 Å². The van der Waals surface area contributed by atoms with Crippen molar-refractivity contribution in [1.82, 2.24) is 4.90 Å². The lowest BCUT2D eigenvalue weighted by atomic mass is 10.1. The number of carbonyl (C=O) groups excluding carboxylic acids is 1. The second-order valence-electron chi connectivity index (χ2n) is 7.78. The lowest BCUT2D eigenvalue weighted by Crippen LogP contribution is -2.36. The van der Waals surface area contributed by atoms with E-state index >= 15 is 0 Å². The van der Waals surface area contributed by atoms with Gasteiger partial charge in [-0.1, -0.05) is 58.4 Å². The van der Waals surface area contributed by atoms with Crippen molar-refractivity contribution in [3.05, 3.63) is 81.8 Å². The zero-order chi connectivity index (χ0) is 26.1. The van der Waals surface area contributed by atoms with Crippen molar-refractivity contribution >= 4 is 27.8 Å². The fourth-order valence-corrected chi connectivity index (χ4v) is 4.17. The standard InChI is InChI=1S/C27H28BrNO7/c1-33-22-11-7-10-19(25(22)35-3)16-29(13-12-18-8-5-4-6-9-18)24(30)17-36-26-21(27(31)32)14-20(28)15-23(26)34-2/h4-11,14-15H,12-13,16-17H2,1-3H3,(H,31,32). The van der Waals surface area contributed by atoms with Crippen LogP contribution in [0.4, 0.5) is 0 Å². The molecular weight excluding hydrogens is 530 g/mol. The average Bonchev–Trinajstić information content (AvgIpc) is 2.89. The van der Waals surface area contributed by atoms with Gasteiger partial charge in [-0.15, -0.1) is 0 Å². The van der Waals surface area contributed by atoms with Gasteiger partial charge < -0.3 is 29.0 Å². The third-order valence-corrected chi connectivity index (χ3v) is 5.98. The minimum atomic E-state index is -1.20. The first-order valence-corrected chi connectivity index (χ1v) is 11.9. The Balaban J connectivity index is 1.86. The summed E-state index contributed by atoms with van der Waals surface area (Å²) in [4.78, 5) is 26.8. The average molecular weight is 558 g/mol. The lowest BCUT2D eigenvalue weighted by Gasteiger charge is -2.25. The van der Waals surface area contributed by atoms with Crippen molar-refractivity contribution in [2.45, 2.75) is 13.0 Å². The number of nitrogens with zero attached hydrogens (tertiary/aromatic N) is 1. The number of rotatable bonds is 12. The lowest BCUT2D eigenvalue weighted by molar-refractivity contribution is -0.134. The molecule has 0 radical (unpaired) electrons. The number of amides is 1. The maximum absolute atomic E-state index is 13.4. The molecule has 0 unspecified atom stereocenters. The van der Waals surface area contributed by atoms with Gasteiger partial charge >= 0.3 is 5.97 Å².